The molecule has 0 spiro atoms. The highest BCUT2D eigenvalue weighted by Gasteiger charge is 2.48. The Balaban J connectivity index is 1.73. The van der Waals surface area contributed by atoms with E-state index in [0.29, 0.717) is 18.2 Å². The van der Waals surface area contributed by atoms with Crippen LogP contribution < -0.4 is 5.32 Å². The summed E-state index contributed by atoms with van der Waals surface area (Å²) in [7, 11) is 1.81. The number of ether oxygens (including phenoxy) is 1. The molecule has 0 amide bonds. The van der Waals surface area contributed by atoms with Gasteiger partial charge in [-0.15, -0.1) is 0 Å². The fourth-order valence-electron chi connectivity index (χ4n) is 2.81. The van der Waals surface area contributed by atoms with E-state index in [0.717, 1.165) is 25.0 Å². The van der Waals surface area contributed by atoms with Gasteiger partial charge < -0.3 is 14.5 Å². The van der Waals surface area contributed by atoms with Crippen LogP contribution >= 0.6 is 0 Å². The molecular weight excluding hydrogens is 226 g/mol. The predicted molar refractivity (Wildman–Crippen MR) is 72.6 cm³/mol. The summed E-state index contributed by atoms with van der Waals surface area (Å²) < 4.78 is 10.8. The molecule has 2 rings (SSSR count). The van der Waals surface area contributed by atoms with Crippen LogP contribution in [0.15, 0.2) is 22.8 Å². The van der Waals surface area contributed by atoms with Gasteiger partial charge in [-0.25, -0.2) is 0 Å². The number of nitrogens with one attached hydrogen (secondary N) is 1. The zero-order valence-electron chi connectivity index (χ0n) is 11.9. The molecule has 3 atom stereocenters. The van der Waals surface area contributed by atoms with Crippen LogP contribution in [0.25, 0.3) is 0 Å². The van der Waals surface area contributed by atoms with Gasteiger partial charge in [0, 0.05) is 31.0 Å². The van der Waals surface area contributed by atoms with E-state index in [4.69, 9.17) is 9.15 Å². The number of furan rings is 1. The van der Waals surface area contributed by atoms with Crippen molar-refractivity contribution in [2.75, 3.05) is 7.11 Å². The average molecular weight is 251 g/mol. The molecule has 18 heavy (non-hydrogen) atoms. The Morgan fingerprint density at radius 1 is 1.56 bits per heavy atom. The molecule has 1 aliphatic carbocycles. The molecule has 0 aromatic carbocycles. The van der Waals surface area contributed by atoms with Crippen LogP contribution in [0.4, 0.5) is 0 Å². The fourth-order valence-corrected chi connectivity index (χ4v) is 2.81. The van der Waals surface area contributed by atoms with E-state index >= 15 is 0 Å². The first kappa shape index (κ1) is 13.6. The number of hydrogen-bond acceptors (Lipinski definition) is 3. The molecule has 1 saturated carbocycles. The summed E-state index contributed by atoms with van der Waals surface area (Å²) >= 11 is 0. The van der Waals surface area contributed by atoms with Crippen LogP contribution in [0, 0.1) is 5.41 Å². The molecule has 0 bridgehead atoms. The van der Waals surface area contributed by atoms with Gasteiger partial charge >= 0.3 is 0 Å². The molecule has 1 fully saturated rings. The third kappa shape index (κ3) is 2.78. The van der Waals surface area contributed by atoms with Gasteiger partial charge in [0.15, 0.2) is 0 Å². The smallest absolute Gasteiger partial charge is 0.103 e. The molecule has 1 aliphatic rings. The Morgan fingerprint density at radius 3 is 2.89 bits per heavy atom. The summed E-state index contributed by atoms with van der Waals surface area (Å²) in [5.41, 5.74) is 0.244. The Labute approximate surface area is 110 Å². The lowest BCUT2D eigenvalue weighted by atomic mass is 9.64. The quantitative estimate of drug-likeness (QED) is 0.844. The third-order valence-electron chi connectivity index (χ3n) is 4.35. The fraction of sp³-hybridized carbons (Fsp3) is 0.733. The second kappa shape index (κ2) is 5.45. The lowest BCUT2D eigenvalue weighted by Crippen LogP contribution is -2.62. The largest absolute Gasteiger partial charge is 0.469 e. The summed E-state index contributed by atoms with van der Waals surface area (Å²) in [6.45, 7) is 6.81. The number of aryl methyl sites for hydroxylation is 1. The third-order valence-corrected chi connectivity index (χ3v) is 4.35. The van der Waals surface area contributed by atoms with E-state index in [9.17, 15) is 0 Å². The van der Waals surface area contributed by atoms with Crippen molar-refractivity contribution in [2.45, 2.75) is 58.2 Å². The standard InChI is InChI=1S/C15H25NO2/c1-11(7-8-12-6-5-9-18-12)16-13-10-14(17-4)15(13,2)3/h5-6,9,11,13-14,16H,7-8,10H2,1-4H3. The monoisotopic (exact) mass is 251 g/mol. The number of methoxy groups -OCH3 is 1. The lowest BCUT2D eigenvalue weighted by molar-refractivity contribution is -0.0999. The molecule has 0 saturated heterocycles. The SMILES string of the molecule is COC1CC(NC(C)CCc2ccco2)C1(C)C. The zero-order valence-corrected chi connectivity index (χ0v) is 11.9. The van der Waals surface area contributed by atoms with Crippen molar-refractivity contribution in [3.8, 4) is 0 Å². The summed E-state index contributed by atoms with van der Waals surface area (Å²) in [5, 5.41) is 3.71. The number of rotatable bonds is 6. The molecule has 102 valence electrons. The summed E-state index contributed by atoms with van der Waals surface area (Å²) in [5.74, 6) is 1.08. The van der Waals surface area contributed by atoms with Gasteiger partial charge in [0.25, 0.3) is 0 Å². The van der Waals surface area contributed by atoms with Crippen molar-refractivity contribution >= 4 is 0 Å². The molecule has 1 N–H and O–H groups in total. The molecule has 3 nitrogen and oxygen atoms in total. The maximum atomic E-state index is 5.48. The van der Waals surface area contributed by atoms with E-state index in [1.165, 1.54) is 0 Å². The van der Waals surface area contributed by atoms with Crippen LogP contribution in [-0.2, 0) is 11.2 Å². The molecule has 3 heteroatoms. The normalized spacial score (nSPS) is 27.8. The molecule has 1 aromatic rings. The van der Waals surface area contributed by atoms with E-state index in [2.05, 4.69) is 26.1 Å². The molecule has 0 radical (unpaired) electrons. The lowest BCUT2D eigenvalue weighted by Gasteiger charge is -2.52. The van der Waals surface area contributed by atoms with Gasteiger partial charge in [-0.2, -0.15) is 0 Å². The van der Waals surface area contributed by atoms with E-state index in [-0.39, 0.29) is 5.41 Å². The summed E-state index contributed by atoms with van der Waals surface area (Å²) in [6, 6.07) is 5.07. The maximum Gasteiger partial charge on any atom is 0.103 e. The average Bonchev–Trinajstić information content (AvgIpc) is 2.84. The van der Waals surface area contributed by atoms with Gasteiger partial charge in [-0.1, -0.05) is 13.8 Å². The predicted octanol–water partition coefficient (Wildman–Crippen LogP) is 3.00. The van der Waals surface area contributed by atoms with Crippen LogP contribution in [0.5, 0.6) is 0 Å². The summed E-state index contributed by atoms with van der Waals surface area (Å²) in [6.07, 6.45) is 5.37. The van der Waals surface area contributed by atoms with Gasteiger partial charge in [-0.3, -0.25) is 0 Å². The molecule has 3 unspecified atom stereocenters. The first-order valence-electron chi connectivity index (χ1n) is 6.85. The van der Waals surface area contributed by atoms with E-state index in [1.807, 2.05) is 19.2 Å². The highest BCUT2D eigenvalue weighted by molar-refractivity contribution is 5.04. The van der Waals surface area contributed by atoms with Crippen molar-refractivity contribution in [3.05, 3.63) is 24.2 Å². The van der Waals surface area contributed by atoms with Crippen LogP contribution in [0.3, 0.4) is 0 Å². The Bertz CT molecular complexity index is 359. The highest BCUT2D eigenvalue weighted by Crippen LogP contribution is 2.42. The van der Waals surface area contributed by atoms with Crippen LogP contribution in [0.2, 0.25) is 0 Å². The topological polar surface area (TPSA) is 34.4 Å². The van der Waals surface area contributed by atoms with Crippen LogP contribution in [-0.4, -0.2) is 25.3 Å². The Hall–Kier alpha value is -0.800. The first-order chi connectivity index (χ1) is 8.54. The van der Waals surface area contributed by atoms with Gasteiger partial charge in [-0.05, 0) is 31.9 Å². The van der Waals surface area contributed by atoms with Crippen molar-refractivity contribution < 1.29 is 9.15 Å². The maximum absolute atomic E-state index is 5.48. The van der Waals surface area contributed by atoms with Crippen molar-refractivity contribution in [1.29, 1.82) is 0 Å². The van der Waals surface area contributed by atoms with Crippen LogP contribution in [0.1, 0.15) is 39.4 Å². The number of hydrogen-bond donors (Lipinski definition) is 1. The minimum atomic E-state index is 0.244. The second-order valence-corrected chi connectivity index (χ2v) is 6.02. The Kier molecular flexibility index (Phi) is 4.13. The molecule has 1 heterocycles. The summed E-state index contributed by atoms with van der Waals surface area (Å²) in [4.78, 5) is 0. The second-order valence-electron chi connectivity index (χ2n) is 6.02. The molecular formula is C15H25NO2. The molecule has 0 aliphatic heterocycles. The first-order valence-corrected chi connectivity index (χ1v) is 6.85. The van der Waals surface area contributed by atoms with Gasteiger partial charge in [0.1, 0.15) is 5.76 Å². The van der Waals surface area contributed by atoms with E-state index in [1.54, 1.807) is 6.26 Å². The molecule has 1 aromatic heterocycles. The van der Waals surface area contributed by atoms with Gasteiger partial charge in [0.2, 0.25) is 0 Å². The van der Waals surface area contributed by atoms with Crippen molar-refractivity contribution in [2.24, 2.45) is 5.41 Å². The zero-order chi connectivity index (χ0) is 13.2. The van der Waals surface area contributed by atoms with Crippen molar-refractivity contribution in [3.63, 3.8) is 0 Å². The highest BCUT2D eigenvalue weighted by atomic mass is 16.5. The van der Waals surface area contributed by atoms with Gasteiger partial charge in [0.05, 0.1) is 12.4 Å². The minimum absolute atomic E-state index is 0.244. The Morgan fingerprint density at radius 2 is 2.33 bits per heavy atom. The van der Waals surface area contributed by atoms with Crippen molar-refractivity contribution in [1.82, 2.24) is 5.32 Å². The van der Waals surface area contributed by atoms with E-state index < -0.39 is 0 Å². The minimum Gasteiger partial charge on any atom is -0.469 e.